The Morgan fingerprint density at radius 1 is 0.381 bits per heavy atom. The first-order valence-corrected chi connectivity index (χ1v) is 33.2. The first-order chi connectivity index (χ1) is 40.9. The number of nitrogens with zero attached hydrogens (tertiary/aromatic N) is 6. The van der Waals surface area contributed by atoms with E-state index in [1.807, 2.05) is 0 Å². The van der Waals surface area contributed by atoms with Gasteiger partial charge in [0.1, 0.15) is 23.2 Å². The summed E-state index contributed by atoms with van der Waals surface area (Å²) >= 11 is 7.49. The third-order valence-corrected chi connectivity index (χ3v) is 20.0. The van der Waals surface area contributed by atoms with E-state index >= 15 is 0 Å². The summed E-state index contributed by atoms with van der Waals surface area (Å²) in [5.74, 6) is 0. The molecule has 0 atom stereocenters. The Balaban J connectivity index is 1.10. The second-order valence-electron chi connectivity index (χ2n) is 24.5. The highest BCUT2D eigenvalue weighted by Crippen LogP contribution is 2.59. The van der Waals surface area contributed by atoms with Crippen LogP contribution < -0.4 is 9.80 Å². The lowest BCUT2D eigenvalue weighted by Crippen LogP contribution is -2.36. The van der Waals surface area contributed by atoms with Crippen LogP contribution in [-0.2, 0) is 10.8 Å². The molecule has 432 valence electrons. The molecule has 3 heterocycles. The maximum Gasteiger partial charge on any atom is 0.106 e. The summed E-state index contributed by atoms with van der Waals surface area (Å²) in [4.78, 5) is 15.9. The van der Waals surface area contributed by atoms with Gasteiger partial charge in [0.05, 0.1) is 54.2 Å². The Morgan fingerprint density at radius 3 is 0.905 bits per heavy atom. The normalized spacial score (nSPS) is 13.7. The highest BCUT2D eigenvalue weighted by atomic mass is 79.9. The van der Waals surface area contributed by atoms with Crippen molar-refractivity contribution in [1.29, 1.82) is 10.5 Å². The molecule has 6 nitrogen and oxygen atoms in total. The Morgan fingerprint density at radius 2 is 0.655 bits per heavy atom. The zero-order chi connectivity index (χ0) is 59.1. The third kappa shape index (κ3) is 11.6. The Kier molecular flexibility index (Phi) is 19.3. The van der Waals surface area contributed by atoms with Gasteiger partial charge in [0.2, 0.25) is 0 Å². The fourth-order valence-electron chi connectivity index (χ4n) is 14.1. The van der Waals surface area contributed by atoms with Crippen molar-refractivity contribution in [2.24, 2.45) is 0 Å². The van der Waals surface area contributed by atoms with Crippen molar-refractivity contribution >= 4 is 77.0 Å². The Labute approximate surface area is 519 Å². The number of unbranched alkanes of at least 4 members (excludes halogenated alkanes) is 12. The van der Waals surface area contributed by atoms with E-state index in [1.54, 1.807) is 0 Å². The van der Waals surface area contributed by atoms with Crippen LogP contribution in [0.5, 0.6) is 0 Å². The van der Waals surface area contributed by atoms with Crippen LogP contribution in [0.3, 0.4) is 0 Å². The number of benzene rings is 7. The predicted molar refractivity (Wildman–Crippen MR) is 360 cm³/mol. The van der Waals surface area contributed by atoms with Crippen LogP contribution in [0, 0.1) is 50.4 Å². The first kappa shape index (κ1) is 60.5. The zero-order valence-corrected chi connectivity index (χ0v) is 54.3. The van der Waals surface area contributed by atoms with Crippen molar-refractivity contribution < 1.29 is 0 Å². The lowest BCUT2D eigenvalue weighted by atomic mass is 9.64. The van der Waals surface area contributed by atoms with Crippen molar-refractivity contribution in [3.63, 3.8) is 0 Å². The molecule has 0 amide bonds. The van der Waals surface area contributed by atoms with E-state index in [1.165, 1.54) is 170 Å². The van der Waals surface area contributed by atoms with Gasteiger partial charge in [-0.3, -0.25) is 0 Å². The molecule has 0 saturated heterocycles. The molecule has 10 rings (SSSR count). The number of aromatic nitrogens is 2. The molecule has 0 bridgehead atoms. The number of nitriles is 2. The number of anilines is 6. The molecule has 2 aliphatic rings. The van der Waals surface area contributed by atoms with Crippen LogP contribution in [0.25, 0.3) is 33.5 Å². The van der Waals surface area contributed by atoms with E-state index < -0.39 is 0 Å². The van der Waals surface area contributed by atoms with Crippen molar-refractivity contribution in [3.8, 4) is 34.7 Å². The van der Waals surface area contributed by atoms with Crippen molar-refractivity contribution in [2.45, 2.75) is 195 Å². The molecular weight excluding hydrogens is 1160 g/mol. The number of aryl methyl sites for hydroxylation is 4. The molecule has 8 heteroatoms. The lowest BCUT2D eigenvalue weighted by molar-refractivity contribution is 0.391. The predicted octanol–water partition coefficient (Wildman–Crippen LogP) is 23.5. The molecule has 84 heavy (non-hydrogen) atoms. The molecule has 2 aliphatic heterocycles. The van der Waals surface area contributed by atoms with Gasteiger partial charge >= 0.3 is 0 Å². The highest BCUT2D eigenvalue weighted by Gasteiger charge is 2.45. The Hall–Kier alpha value is -6.58. The molecule has 0 spiro atoms. The molecule has 0 N–H and O–H groups in total. The van der Waals surface area contributed by atoms with Gasteiger partial charge in [-0.15, -0.1) is 0 Å². The molecule has 0 fully saturated rings. The average Bonchev–Trinajstić information content (AvgIpc) is 1.66. The number of hydrogen-bond acceptors (Lipinski definition) is 6. The van der Waals surface area contributed by atoms with Gasteiger partial charge in [0.25, 0.3) is 0 Å². The van der Waals surface area contributed by atoms with Gasteiger partial charge in [0, 0.05) is 33.3 Å². The number of halogens is 2. The Bertz CT molecular complexity index is 3370. The third-order valence-electron chi connectivity index (χ3n) is 18.5. The van der Waals surface area contributed by atoms with Crippen molar-refractivity contribution in [3.05, 3.63) is 186 Å². The summed E-state index contributed by atoms with van der Waals surface area (Å²) in [6.45, 7) is 18.2. The molecule has 0 radical (unpaired) electrons. The molecule has 0 aliphatic carbocycles. The van der Waals surface area contributed by atoms with Gasteiger partial charge in [-0.05, 0) is 156 Å². The van der Waals surface area contributed by atoms with Crippen molar-refractivity contribution in [1.82, 2.24) is 9.97 Å². The van der Waals surface area contributed by atoms with Crippen LogP contribution in [0.2, 0.25) is 0 Å². The summed E-state index contributed by atoms with van der Waals surface area (Å²) in [5, 5.41) is 20.9. The summed E-state index contributed by atoms with van der Waals surface area (Å²) in [5.41, 5.74) is 22.5. The van der Waals surface area contributed by atoms with Gasteiger partial charge in [-0.25, -0.2) is 9.97 Å². The summed E-state index contributed by atoms with van der Waals surface area (Å²) in [6, 6.07) is 50.8. The van der Waals surface area contributed by atoms with E-state index in [9.17, 15) is 10.5 Å². The summed E-state index contributed by atoms with van der Waals surface area (Å²) < 4.78 is 0.901. The smallest absolute Gasteiger partial charge is 0.106 e. The number of hydrogen-bond donors (Lipinski definition) is 0. The number of rotatable bonds is 24. The minimum atomic E-state index is -0.0909. The maximum absolute atomic E-state index is 10.4. The van der Waals surface area contributed by atoms with E-state index in [0.29, 0.717) is 31.4 Å². The van der Waals surface area contributed by atoms with E-state index in [-0.39, 0.29) is 22.0 Å². The molecule has 8 aromatic rings. The molecule has 1 aromatic heterocycles. The quantitative estimate of drug-likeness (QED) is 0.0561. The minimum Gasteiger partial charge on any atom is -0.310 e. The largest absolute Gasteiger partial charge is 0.310 e. The van der Waals surface area contributed by atoms with Gasteiger partial charge < -0.3 is 9.80 Å². The zero-order valence-electron chi connectivity index (χ0n) is 51.1. The van der Waals surface area contributed by atoms with Crippen molar-refractivity contribution in [2.75, 3.05) is 9.80 Å². The molecule has 0 saturated carbocycles. The second kappa shape index (κ2) is 26.8. The summed E-state index contributed by atoms with van der Waals surface area (Å²) in [6.07, 6.45) is 24.2. The SMILES string of the molecule is CCCCCCC1(CCCCCC)c2cc(C)ccc2N(c2ccc(-c3nc4c(Br)c(C#N)c(C#N)c(Br)c4nc3-c3ccc(N4c5ccc(C)cc5C(CCCCCC)(CCCCCC)c5cc(C)ccc54)cc3)cc2)c2ccc(C)cc21. The fourth-order valence-corrected chi connectivity index (χ4v) is 15.2. The van der Waals surface area contributed by atoms with Gasteiger partial charge in [-0.1, -0.05) is 225 Å². The summed E-state index contributed by atoms with van der Waals surface area (Å²) in [7, 11) is 0. The van der Waals surface area contributed by atoms with Crippen LogP contribution in [0.1, 0.15) is 212 Å². The number of fused-ring (bicyclic) bond motifs is 5. The van der Waals surface area contributed by atoms with E-state index in [2.05, 4.69) is 231 Å². The highest BCUT2D eigenvalue weighted by molar-refractivity contribution is 9.11. The average molecular weight is 1240 g/mol. The first-order valence-electron chi connectivity index (χ1n) is 31.6. The van der Waals surface area contributed by atoms with Crippen LogP contribution in [-0.4, -0.2) is 9.97 Å². The molecular formula is C76H84Br2N6. The molecule has 7 aromatic carbocycles. The fraction of sp³-hybridized carbons (Fsp3) is 0.395. The van der Waals surface area contributed by atoms with E-state index in [0.717, 1.165) is 48.2 Å². The lowest BCUT2D eigenvalue weighted by Gasteiger charge is -2.46. The van der Waals surface area contributed by atoms with E-state index in [4.69, 9.17) is 9.97 Å². The second-order valence-corrected chi connectivity index (χ2v) is 26.1. The van der Waals surface area contributed by atoms with Crippen LogP contribution in [0.4, 0.5) is 34.1 Å². The molecule has 0 unspecified atom stereocenters. The monoisotopic (exact) mass is 1240 g/mol. The van der Waals surface area contributed by atoms with Gasteiger partial charge in [-0.2, -0.15) is 10.5 Å². The standard InChI is InChI=1S/C76H84Br2N6/c1-9-13-17-21-41-75(42-22-18-14-10-2)61-45-51(5)25-37-65(61)83(66-38-26-52(6)46-62(66)75)57-33-29-55(30-34-57)71-72(82-74-70(78)60(50-80)59(49-79)69(77)73(74)81-71)56-31-35-58(36-32-56)84-67-39-27-53(7)47-63(67)76(43-23-19-15-11-3,44-24-20-16-12-4)64-48-54(8)28-40-68(64)84/h25-40,45-48H,9-24,41-44H2,1-8H3. The van der Waals surface area contributed by atoms with Gasteiger partial charge in [0.15, 0.2) is 0 Å². The minimum absolute atomic E-state index is 0.0909. The van der Waals surface area contributed by atoms with Crippen LogP contribution in [0.15, 0.2) is 130 Å². The topological polar surface area (TPSA) is 79.8 Å². The maximum atomic E-state index is 10.4. The van der Waals surface area contributed by atoms with Crippen LogP contribution >= 0.6 is 31.9 Å².